The van der Waals surface area contributed by atoms with Gasteiger partial charge >= 0.3 is 11.9 Å². The van der Waals surface area contributed by atoms with Crippen molar-refractivity contribution in [3.8, 4) is 11.8 Å². The number of carboxylic acids is 2. The molecule has 3 fully saturated rings. The van der Waals surface area contributed by atoms with Crippen molar-refractivity contribution in [3.05, 3.63) is 71.6 Å². The first kappa shape index (κ1) is 23.6. The Hall–Kier alpha value is -3.60. The fraction of sp³-hybridized carbons (Fsp3) is 0.346. The smallest absolute Gasteiger partial charge is 0.390 e. The molecule has 174 valence electrons. The zero-order valence-corrected chi connectivity index (χ0v) is 18.8. The molecule has 0 aliphatic carbocycles. The number of aliphatic imine (C=N–C) groups is 1. The highest BCUT2D eigenvalue weighted by Gasteiger charge is 2.58. The van der Waals surface area contributed by atoms with Crippen LogP contribution >= 0.6 is 0 Å². The molecular formula is C26H26N2O6+2. The van der Waals surface area contributed by atoms with E-state index in [2.05, 4.69) is 22.9 Å². The van der Waals surface area contributed by atoms with E-state index in [1.165, 1.54) is 7.11 Å². The number of allylic oxidation sites excluding steroid dienone is 3. The fourth-order valence-electron chi connectivity index (χ4n) is 5.20. The summed E-state index contributed by atoms with van der Waals surface area (Å²) in [4.78, 5) is 27.7. The van der Waals surface area contributed by atoms with Gasteiger partial charge < -0.3 is 20.1 Å². The lowest BCUT2D eigenvalue weighted by Gasteiger charge is -2.55. The van der Waals surface area contributed by atoms with Gasteiger partial charge in [-0.05, 0) is 0 Å². The number of aliphatic hydroxyl groups is 1. The summed E-state index contributed by atoms with van der Waals surface area (Å²) in [5.74, 6) is 3.58. The summed E-state index contributed by atoms with van der Waals surface area (Å²) in [5.41, 5.74) is -2.27. The van der Waals surface area contributed by atoms with Gasteiger partial charge in [0.05, 0.1) is 25.2 Å². The van der Waals surface area contributed by atoms with Crippen LogP contribution in [0.2, 0.25) is 0 Å². The van der Waals surface area contributed by atoms with Crippen LogP contribution in [0.15, 0.2) is 64.9 Å². The Labute approximate surface area is 197 Å². The van der Waals surface area contributed by atoms with Crippen molar-refractivity contribution in [2.75, 3.05) is 26.7 Å². The molecule has 4 heterocycles. The highest BCUT2D eigenvalue weighted by atomic mass is 16.5. The lowest BCUT2D eigenvalue weighted by atomic mass is 9.72. The molecule has 5 rings (SSSR count). The maximum atomic E-state index is 12.0. The molecule has 34 heavy (non-hydrogen) atoms. The van der Waals surface area contributed by atoms with Crippen LogP contribution in [-0.4, -0.2) is 70.3 Å². The molecule has 0 saturated carbocycles. The van der Waals surface area contributed by atoms with E-state index in [-0.39, 0.29) is 28.3 Å². The summed E-state index contributed by atoms with van der Waals surface area (Å²) in [5, 5.41) is 30.8. The number of aliphatic carboxylic acids is 2. The van der Waals surface area contributed by atoms with Crippen molar-refractivity contribution < 1.29 is 34.1 Å². The van der Waals surface area contributed by atoms with Crippen molar-refractivity contribution in [3.63, 3.8) is 0 Å². The Balaban J connectivity index is 1.81. The second-order valence-electron chi connectivity index (χ2n) is 8.75. The third kappa shape index (κ3) is 4.07. The maximum absolute atomic E-state index is 12.0. The molecule has 0 aromatic heterocycles. The summed E-state index contributed by atoms with van der Waals surface area (Å²) in [6.07, 6.45) is 9.86. The van der Waals surface area contributed by atoms with E-state index in [1.54, 1.807) is 42.6 Å². The maximum Gasteiger partial charge on any atom is 0.390 e. The monoisotopic (exact) mass is 462 g/mol. The van der Waals surface area contributed by atoms with Crippen molar-refractivity contribution in [2.45, 2.75) is 24.0 Å². The molecule has 0 radical (unpaired) electrons. The summed E-state index contributed by atoms with van der Waals surface area (Å²) < 4.78 is 5.90. The number of carbonyl (C=O) groups is 2. The molecule has 0 amide bonds. The van der Waals surface area contributed by atoms with Crippen LogP contribution in [0.1, 0.15) is 18.4 Å². The van der Waals surface area contributed by atoms with Gasteiger partial charge in [0.1, 0.15) is 18.8 Å². The lowest BCUT2D eigenvalue weighted by molar-refractivity contribution is -0.911. The molecule has 1 aromatic rings. The van der Waals surface area contributed by atoms with E-state index in [4.69, 9.17) is 4.74 Å². The largest absolute Gasteiger partial charge is 0.478 e. The van der Waals surface area contributed by atoms with Gasteiger partial charge in [0, 0.05) is 31.4 Å². The van der Waals surface area contributed by atoms with Crippen LogP contribution in [0, 0.1) is 23.8 Å². The van der Waals surface area contributed by atoms with E-state index < -0.39 is 23.1 Å². The van der Waals surface area contributed by atoms with Gasteiger partial charge in [0.15, 0.2) is 11.7 Å². The zero-order valence-electron chi connectivity index (χ0n) is 18.8. The quantitative estimate of drug-likeness (QED) is 0.257. The summed E-state index contributed by atoms with van der Waals surface area (Å²) in [6, 6.07) is 8.92. The van der Waals surface area contributed by atoms with E-state index >= 15 is 0 Å². The fourth-order valence-corrected chi connectivity index (χ4v) is 5.20. The van der Waals surface area contributed by atoms with E-state index in [1.807, 2.05) is 6.07 Å². The van der Waals surface area contributed by atoms with Crippen LogP contribution in [0.25, 0.3) is 0 Å². The van der Waals surface area contributed by atoms with Crippen molar-refractivity contribution >= 4 is 18.2 Å². The molecule has 4 aliphatic rings. The Bertz CT molecular complexity index is 1160. The van der Waals surface area contributed by atoms with Gasteiger partial charge in [-0.1, -0.05) is 42.2 Å². The summed E-state index contributed by atoms with van der Waals surface area (Å²) in [6.45, 7) is 1.14. The minimum absolute atomic E-state index is 0.0117. The average Bonchev–Trinajstić information content (AvgIpc) is 2.87. The minimum Gasteiger partial charge on any atom is -0.478 e. The molecule has 1 aromatic carbocycles. The third-order valence-corrected chi connectivity index (χ3v) is 6.96. The number of carboxylic acid groups (broad SMARTS) is 2. The van der Waals surface area contributed by atoms with E-state index in [0.29, 0.717) is 31.5 Å². The molecular weight excluding hydrogens is 436 g/mol. The number of quaternary nitrogens is 1. The van der Waals surface area contributed by atoms with Gasteiger partial charge in [-0.25, -0.2) is 14.6 Å². The second kappa shape index (κ2) is 8.98. The average molecular weight is 463 g/mol. The number of ether oxygens (including phenoxy) is 1. The van der Waals surface area contributed by atoms with Crippen LogP contribution < -0.4 is 0 Å². The van der Waals surface area contributed by atoms with Crippen LogP contribution in [-0.2, 0) is 19.9 Å². The normalized spacial score (nSPS) is 29.3. The third-order valence-electron chi connectivity index (χ3n) is 6.96. The Kier molecular flexibility index (Phi) is 6.22. The van der Waals surface area contributed by atoms with E-state index in [9.17, 15) is 24.9 Å². The van der Waals surface area contributed by atoms with Crippen molar-refractivity contribution in [1.29, 1.82) is 0 Å². The predicted molar refractivity (Wildman–Crippen MR) is 123 cm³/mol. The van der Waals surface area contributed by atoms with Gasteiger partial charge in [-0.2, -0.15) is 0 Å². The molecule has 0 unspecified atom stereocenters. The number of benzene rings is 1. The van der Waals surface area contributed by atoms with Gasteiger partial charge in [0.2, 0.25) is 17.0 Å². The number of hydrogen-bond acceptors (Lipinski definition) is 5. The topological polar surface area (TPSA) is 116 Å². The number of methoxy groups -OCH3 is 1. The van der Waals surface area contributed by atoms with E-state index in [0.717, 1.165) is 6.08 Å². The highest BCUT2D eigenvalue weighted by Crippen LogP contribution is 2.45. The molecule has 2 atom stereocenters. The minimum atomic E-state index is -1.77. The second-order valence-corrected chi connectivity index (χ2v) is 8.75. The number of rotatable bonds is 6. The van der Waals surface area contributed by atoms with Gasteiger partial charge in [-0.15, -0.1) is 0 Å². The molecule has 2 bridgehead atoms. The molecule has 4 aliphatic heterocycles. The lowest BCUT2D eigenvalue weighted by Crippen LogP contribution is -2.69. The number of piperidine rings is 3. The Morgan fingerprint density at radius 2 is 1.97 bits per heavy atom. The standard InChI is InChI=1S/C26H24N2O6/c1-34-25(18-28(15-10-19(25)11-16-28)21(24(31)32)17-23(29)30)12-13-26(33,20-7-3-2-4-8-20)22-9-5-6-14-27-22/h2-8,14,17,19,33H,10-11,15-16,18H2,1H3/p+2/b21-17+/t19?,25-,26+,28?/m1/s1. The zero-order chi connectivity index (χ0) is 24.4. The highest BCUT2D eigenvalue weighted by molar-refractivity contribution is 5.92. The SMILES string of the molecule is CO[C@]1(C#C[C@@](O)(C2=[C+]C=CC=N2)c2ccccc2)C[N+]2(/C(=C/C(=O)O)C(=O)O)CCC1CC2. The molecule has 0 spiro atoms. The van der Waals surface area contributed by atoms with Crippen LogP contribution in [0.5, 0.6) is 0 Å². The Morgan fingerprint density at radius 3 is 2.53 bits per heavy atom. The number of nitrogens with zero attached hydrogens (tertiary/aromatic N) is 2. The van der Waals surface area contributed by atoms with Crippen LogP contribution in [0.4, 0.5) is 0 Å². The van der Waals surface area contributed by atoms with Crippen molar-refractivity contribution in [2.24, 2.45) is 10.9 Å². The first-order chi connectivity index (χ1) is 16.2. The first-order valence-corrected chi connectivity index (χ1v) is 11.0. The Morgan fingerprint density at radius 1 is 1.26 bits per heavy atom. The number of hydrogen-bond donors (Lipinski definition) is 3. The van der Waals surface area contributed by atoms with Gasteiger partial charge in [0.25, 0.3) is 0 Å². The predicted octanol–water partition coefficient (Wildman–Crippen LogP) is 1.88. The molecule has 8 heteroatoms. The molecule has 3 N–H and O–H groups in total. The molecule has 8 nitrogen and oxygen atoms in total. The summed E-state index contributed by atoms with van der Waals surface area (Å²) in [7, 11) is 1.52. The number of fused-ring (bicyclic) bond motifs is 3. The van der Waals surface area contributed by atoms with Crippen molar-refractivity contribution in [1.82, 2.24) is 0 Å². The molecule has 3 saturated heterocycles. The van der Waals surface area contributed by atoms with Crippen LogP contribution in [0.3, 0.4) is 0 Å². The first-order valence-electron chi connectivity index (χ1n) is 11.0. The summed E-state index contributed by atoms with van der Waals surface area (Å²) >= 11 is 0. The van der Waals surface area contributed by atoms with Gasteiger partial charge in [-0.3, -0.25) is 4.48 Å².